The fourth-order valence-electron chi connectivity index (χ4n) is 4.52. The number of ether oxygens (including phenoxy) is 1. The summed E-state index contributed by atoms with van der Waals surface area (Å²) >= 11 is 0. The number of methoxy groups -OCH3 is 1. The number of nitrogens with zero attached hydrogens (tertiary/aromatic N) is 4. The van der Waals surface area contributed by atoms with E-state index in [0.717, 1.165) is 5.69 Å². The van der Waals surface area contributed by atoms with Gasteiger partial charge in [-0.2, -0.15) is 5.10 Å². The molecule has 0 unspecified atom stereocenters. The van der Waals surface area contributed by atoms with Gasteiger partial charge in [0, 0.05) is 45.6 Å². The zero-order valence-corrected chi connectivity index (χ0v) is 18.3. The number of hydrogen-bond acceptors (Lipinski definition) is 6. The third kappa shape index (κ3) is 4.38. The molecule has 1 atom stereocenters. The van der Waals surface area contributed by atoms with Crippen LogP contribution in [-0.2, 0) is 14.3 Å². The molecule has 0 spiro atoms. The molecule has 9 heteroatoms. The van der Waals surface area contributed by atoms with Crippen molar-refractivity contribution < 1.29 is 19.1 Å². The Balaban J connectivity index is 1.34. The number of amides is 2. The summed E-state index contributed by atoms with van der Waals surface area (Å²) in [5.41, 5.74) is 7.46. The second-order valence-electron chi connectivity index (χ2n) is 8.39. The fraction of sp³-hybridized carbons (Fsp3) is 0.478. The van der Waals surface area contributed by atoms with Crippen molar-refractivity contribution in [3.05, 3.63) is 42.1 Å². The molecular weight excluding hydrogens is 410 g/mol. The number of aromatic nitrogens is 2. The molecule has 9 nitrogen and oxygen atoms in total. The first-order valence-corrected chi connectivity index (χ1v) is 11.0. The first kappa shape index (κ1) is 22.0. The van der Waals surface area contributed by atoms with Gasteiger partial charge >= 0.3 is 0 Å². The number of ketones is 1. The van der Waals surface area contributed by atoms with E-state index in [2.05, 4.69) is 5.10 Å². The van der Waals surface area contributed by atoms with Crippen molar-refractivity contribution in [2.24, 2.45) is 11.8 Å². The summed E-state index contributed by atoms with van der Waals surface area (Å²) in [7, 11) is 1.59. The topological polar surface area (TPSA) is 111 Å². The normalized spacial score (nSPS) is 19.5. The van der Waals surface area contributed by atoms with E-state index < -0.39 is 0 Å². The first-order valence-electron chi connectivity index (χ1n) is 11.0. The SMILES string of the molecule is COCCN1C[C@H](C(=O)N2CCC(C(=O)c3cnn(-c4ccccc4)c3N)CC2)CC1=O. The molecule has 0 saturated carbocycles. The fourth-order valence-corrected chi connectivity index (χ4v) is 4.52. The van der Waals surface area contributed by atoms with Gasteiger partial charge in [0.25, 0.3) is 0 Å². The molecule has 2 fully saturated rings. The number of benzene rings is 1. The van der Waals surface area contributed by atoms with Crippen LogP contribution in [0.15, 0.2) is 36.5 Å². The van der Waals surface area contributed by atoms with E-state index in [-0.39, 0.29) is 35.9 Å². The lowest BCUT2D eigenvalue weighted by molar-refractivity contribution is -0.137. The number of likely N-dealkylation sites (tertiary alicyclic amines) is 2. The number of piperidine rings is 1. The average Bonchev–Trinajstić information content (AvgIpc) is 3.39. The van der Waals surface area contributed by atoms with Crippen LogP contribution in [-0.4, -0.2) is 77.1 Å². The number of rotatable bonds is 7. The number of carbonyl (C=O) groups excluding carboxylic acids is 3. The minimum absolute atomic E-state index is 0.000534. The molecule has 2 aromatic rings. The van der Waals surface area contributed by atoms with Crippen LogP contribution in [0.1, 0.15) is 29.6 Å². The van der Waals surface area contributed by atoms with E-state index in [9.17, 15) is 14.4 Å². The van der Waals surface area contributed by atoms with Crippen LogP contribution >= 0.6 is 0 Å². The summed E-state index contributed by atoms with van der Waals surface area (Å²) in [6, 6.07) is 9.44. The summed E-state index contributed by atoms with van der Waals surface area (Å²) in [5, 5.41) is 4.29. The van der Waals surface area contributed by atoms with E-state index in [0.29, 0.717) is 57.0 Å². The molecule has 1 aromatic heterocycles. The Morgan fingerprint density at radius 2 is 1.88 bits per heavy atom. The Morgan fingerprint density at radius 3 is 2.56 bits per heavy atom. The number of Topliss-reactive ketones (excluding diaryl/α,β-unsaturated/α-hetero) is 1. The van der Waals surface area contributed by atoms with Gasteiger partial charge in [0.15, 0.2) is 5.78 Å². The standard InChI is InChI=1S/C23H29N5O4/c1-32-12-11-27-15-17(13-20(27)29)23(31)26-9-7-16(8-10-26)21(30)19-14-25-28(22(19)24)18-5-3-2-4-6-18/h2-6,14,16-17H,7-13,15,24H2,1H3/t17-/m1/s1. The van der Waals surface area contributed by atoms with Crippen LogP contribution in [0.3, 0.4) is 0 Å². The maximum Gasteiger partial charge on any atom is 0.227 e. The van der Waals surface area contributed by atoms with Gasteiger partial charge in [0.1, 0.15) is 5.82 Å². The van der Waals surface area contributed by atoms with Crippen LogP contribution in [0.2, 0.25) is 0 Å². The molecular formula is C23H29N5O4. The van der Waals surface area contributed by atoms with Crippen LogP contribution in [0.4, 0.5) is 5.82 Å². The predicted molar refractivity (Wildman–Crippen MR) is 118 cm³/mol. The van der Waals surface area contributed by atoms with Gasteiger partial charge < -0.3 is 20.3 Å². The van der Waals surface area contributed by atoms with Gasteiger partial charge in [-0.1, -0.05) is 18.2 Å². The number of carbonyl (C=O) groups is 3. The molecule has 2 aliphatic heterocycles. The van der Waals surface area contributed by atoms with Crippen molar-refractivity contribution in [2.45, 2.75) is 19.3 Å². The molecule has 2 saturated heterocycles. The molecule has 3 heterocycles. The molecule has 4 rings (SSSR count). The first-order chi connectivity index (χ1) is 15.5. The van der Waals surface area contributed by atoms with Gasteiger partial charge in [-0.3, -0.25) is 14.4 Å². The van der Waals surface area contributed by atoms with Crippen LogP contribution in [0, 0.1) is 11.8 Å². The van der Waals surface area contributed by atoms with Crippen molar-refractivity contribution in [1.29, 1.82) is 0 Å². The minimum atomic E-state index is -0.314. The molecule has 1 aromatic carbocycles. The van der Waals surface area contributed by atoms with Crippen molar-refractivity contribution >= 4 is 23.4 Å². The maximum atomic E-state index is 13.1. The Kier molecular flexibility index (Phi) is 6.55. The Labute approximate surface area is 187 Å². The average molecular weight is 440 g/mol. The lowest BCUT2D eigenvalue weighted by Crippen LogP contribution is -2.43. The smallest absolute Gasteiger partial charge is 0.227 e. The zero-order chi connectivity index (χ0) is 22.7. The highest BCUT2D eigenvalue weighted by atomic mass is 16.5. The van der Waals surface area contributed by atoms with E-state index in [4.69, 9.17) is 10.5 Å². The predicted octanol–water partition coefficient (Wildman–Crippen LogP) is 1.37. The van der Waals surface area contributed by atoms with Crippen molar-refractivity contribution in [3.63, 3.8) is 0 Å². The van der Waals surface area contributed by atoms with E-state index >= 15 is 0 Å². The van der Waals surface area contributed by atoms with Crippen LogP contribution in [0.5, 0.6) is 0 Å². The van der Waals surface area contributed by atoms with E-state index in [1.165, 1.54) is 6.20 Å². The van der Waals surface area contributed by atoms with Crippen molar-refractivity contribution in [1.82, 2.24) is 19.6 Å². The number of hydrogen-bond donors (Lipinski definition) is 1. The number of nitrogens with two attached hydrogens (primary N) is 1. The number of nitrogen functional groups attached to an aromatic ring is 1. The highest BCUT2D eigenvalue weighted by Crippen LogP contribution is 2.28. The molecule has 2 aliphatic rings. The molecule has 0 aliphatic carbocycles. The highest BCUT2D eigenvalue weighted by molar-refractivity contribution is 6.02. The third-order valence-electron chi connectivity index (χ3n) is 6.38. The van der Waals surface area contributed by atoms with E-state index in [1.807, 2.05) is 30.3 Å². The minimum Gasteiger partial charge on any atom is -0.383 e. The van der Waals surface area contributed by atoms with Crippen LogP contribution < -0.4 is 5.73 Å². The van der Waals surface area contributed by atoms with Gasteiger partial charge in [-0.15, -0.1) is 0 Å². The van der Waals surface area contributed by atoms with Gasteiger partial charge in [-0.25, -0.2) is 4.68 Å². The van der Waals surface area contributed by atoms with Crippen molar-refractivity contribution in [2.75, 3.05) is 45.6 Å². The maximum absolute atomic E-state index is 13.1. The lowest BCUT2D eigenvalue weighted by Gasteiger charge is -2.32. The van der Waals surface area contributed by atoms with Gasteiger partial charge in [-0.05, 0) is 25.0 Å². The molecule has 170 valence electrons. The second-order valence-corrected chi connectivity index (χ2v) is 8.39. The monoisotopic (exact) mass is 439 g/mol. The summed E-state index contributed by atoms with van der Waals surface area (Å²) in [6.45, 7) is 2.42. The highest BCUT2D eigenvalue weighted by Gasteiger charge is 2.38. The lowest BCUT2D eigenvalue weighted by atomic mass is 9.89. The molecule has 2 N–H and O–H groups in total. The summed E-state index contributed by atoms with van der Waals surface area (Å²) < 4.78 is 6.60. The second kappa shape index (κ2) is 9.52. The molecule has 0 radical (unpaired) electrons. The summed E-state index contributed by atoms with van der Waals surface area (Å²) in [4.78, 5) is 41.6. The Hall–Kier alpha value is -3.20. The zero-order valence-electron chi connectivity index (χ0n) is 18.3. The van der Waals surface area contributed by atoms with Gasteiger partial charge in [0.2, 0.25) is 11.8 Å². The quantitative estimate of drug-likeness (QED) is 0.653. The Bertz CT molecular complexity index is 982. The third-order valence-corrected chi connectivity index (χ3v) is 6.38. The van der Waals surface area contributed by atoms with Crippen molar-refractivity contribution in [3.8, 4) is 5.69 Å². The van der Waals surface area contributed by atoms with Gasteiger partial charge in [0.05, 0.1) is 30.0 Å². The van der Waals surface area contributed by atoms with E-state index in [1.54, 1.807) is 21.6 Å². The number of anilines is 1. The Morgan fingerprint density at radius 1 is 1.16 bits per heavy atom. The summed E-state index contributed by atoms with van der Waals surface area (Å²) in [5.74, 6) is -0.208. The molecule has 2 amide bonds. The summed E-state index contributed by atoms with van der Waals surface area (Å²) in [6.07, 6.45) is 2.93. The largest absolute Gasteiger partial charge is 0.383 e. The molecule has 32 heavy (non-hydrogen) atoms. The number of para-hydroxylation sites is 1. The van der Waals surface area contributed by atoms with Crippen LogP contribution in [0.25, 0.3) is 5.69 Å². The molecule has 0 bridgehead atoms.